The quantitative estimate of drug-likeness (QED) is 0.665. The molecule has 1 aromatic heterocycles. The van der Waals surface area contributed by atoms with Gasteiger partial charge in [-0.05, 0) is 43.9 Å². The van der Waals surface area contributed by atoms with E-state index in [4.69, 9.17) is 9.15 Å². The molecule has 0 unspecified atom stereocenters. The lowest BCUT2D eigenvalue weighted by Crippen LogP contribution is -2.41. The summed E-state index contributed by atoms with van der Waals surface area (Å²) in [5.41, 5.74) is 0.918. The number of hydrogen-bond donors (Lipinski definition) is 3. The van der Waals surface area contributed by atoms with Crippen LogP contribution in [0.5, 0.6) is 5.75 Å². The minimum atomic E-state index is -0.404. The number of amides is 3. The molecule has 1 fully saturated rings. The third-order valence-electron chi connectivity index (χ3n) is 4.46. The van der Waals surface area contributed by atoms with Crippen molar-refractivity contribution in [1.29, 1.82) is 0 Å². The molecule has 1 aliphatic carbocycles. The summed E-state index contributed by atoms with van der Waals surface area (Å²) in [7, 11) is 0. The molecule has 7 nitrogen and oxygen atoms in total. The first kappa shape index (κ1) is 18.8. The Kier molecular flexibility index (Phi) is 6.73. The first-order valence-corrected chi connectivity index (χ1v) is 9.26. The van der Waals surface area contributed by atoms with E-state index in [2.05, 4.69) is 16.0 Å². The van der Waals surface area contributed by atoms with Crippen molar-refractivity contribution in [2.45, 2.75) is 44.9 Å². The monoisotopic (exact) mass is 371 g/mol. The van der Waals surface area contributed by atoms with Crippen LogP contribution < -0.4 is 20.7 Å². The van der Waals surface area contributed by atoms with E-state index in [0.717, 1.165) is 24.2 Å². The number of rotatable bonds is 8. The van der Waals surface area contributed by atoms with Crippen molar-refractivity contribution in [3.05, 3.63) is 54.0 Å². The molecule has 1 heterocycles. The summed E-state index contributed by atoms with van der Waals surface area (Å²) in [4.78, 5) is 23.7. The Balaban J connectivity index is 1.39. The molecule has 0 bridgehead atoms. The van der Waals surface area contributed by atoms with Gasteiger partial charge in [0.15, 0.2) is 0 Å². The Labute approximate surface area is 158 Å². The van der Waals surface area contributed by atoms with Gasteiger partial charge in [0.05, 0.1) is 25.5 Å². The summed E-state index contributed by atoms with van der Waals surface area (Å²) in [5, 5.41) is 7.97. The molecule has 2 aromatic rings. The molecule has 0 radical (unpaired) electrons. The van der Waals surface area contributed by atoms with Crippen molar-refractivity contribution in [3.8, 4) is 5.75 Å². The standard InChI is InChI=1S/C20H25N3O4/c24-19(21-13-17-9-5-11-26-17)14-23-20(25)22-12-15-6-1-4-10-18(15)27-16-7-2-3-8-16/h1,4-6,9-11,16H,2-3,7-8,12-14H2,(H,21,24)(H2,22,23,25). The highest BCUT2D eigenvalue weighted by molar-refractivity contribution is 5.83. The molecule has 3 amide bonds. The summed E-state index contributed by atoms with van der Waals surface area (Å²) in [5.74, 6) is 1.18. The molecule has 0 spiro atoms. The first-order chi connectivity index (χ1) is 13.2. The van der Waals surface area contributed by atoms with E-state index >= 15 is 0 Å². The second-order valence-electron chi connectivity index (χ2n) is 6.52. The van der Waals surface area contributed by atoms with Crippen molar-refractivity contribution in [1.82, 2.24) is 16.0 Å². The number of nitrogens with one attached hydrogen (secondary N) is 3. The number of carbonyl (C=O) groups excluding carboxylic acids is 2. The summed E-state index contributed by atoms with van der Waals surface area (Å²) in [6.07, 6.45) is 6.37. The summed E-state index contributed by atoms with van der Waals surface area (Å²) < 4.78 is 11.2. The number of ether oxygens (including phenoxy) is 1. The van der Waals surface area contributed by atoms with Crippen LogP contribution in [0.25, 0.3) is 0 Å². The second-order valence-corrected chi connectivity index (χ2v) is 6.52. The summed E-state index contributed by atoms with van der Waals surface area (Å²) in [6.45, 7) is 0.524. The molecule has 27 heavy (non-hydrogen) atoms. The van der Waals surface area contributed by atoms with E-state index in [1.807, 2.05) is 24.3 Å². The fourth-order valence-corrected chi connectivity index (χ4v) is 3.01. The summed E-state index contributed by atoms with van der Waals surface area (Å²) in [6, 6.07) is 10.8. The van der Waals surface area contributed by atoms with Crippen molar-refractivity contribution >= 4 is 11.9 Å². The number of hydrogen-bond acceptors (Lipinski definition) is 4. The lowest BCUT2D eigenvalue weighted by molar-refractivity contribution is -0.120. The van der Waals surface area contributed by atoms with E-state index in [1.54, 1.807) is 18.4 Å². The third-order valence-corrected chi connectivity index (χ3v) is 4.46. The van der Waals surface area contributed by atoms with Gasteiger partial charge >= 0.3 is 6.03 Å². The predicted octanol–water partition coefficient (Wildman–Crippen LogP) is 2.72. The van der Waals surface area contributed by atoms with Crippen LogP contribution in [0.2, 0.25) is 0 Å². The maximum absolute atomic E-state index is 11.9. The SMILES string of the molecule is O=C(CNC(=O)NCc1ccccc1OC1CCCC1)NCc1ccco1. The van der Waals surface area contributed by atoms with Gasteiger partial charge in [-0.2, -0.15) is 0 Å². The molecule has 1 saturated carbocycles. The van der Waals surface area contributed by atoms with Crippen molar-refractivity contribution in [2.24, 2.45) is 0 Å². The zero-order valence-electron chi connectivity index (χ0n) is 15.2. The molecule has 7 heteroatoms. The zero-order chi connectivity index (χ0) is 18.9. The van der Waals surface area contributed by atoms with Gasteiger partial charge in [-0.15, -0.1) is 0 Å². The predicted molar refractivity (Wildman–Crippen MR) is 100 cm³/mol. The highest BCUT2D eigenvalue weighted by atomic mass is 16.5. The van der Waals surface area contributed by atoms with Crippen LogP contribution in [0, 0.1) is 0 Å². The number of benzene rings is 1. The maximum Gasteiger partial charge on any atom is 0.315 e. The molecular formula is C20H25N3O4. The highest BCUT2D eigenvalue weighted by Crippen LogP contribution is 2.26. The smallest absolute Gasteiger partial charge is 0.315 e. The van der Waals surface area contributed by atoms with Crippen LogP contribution in [-0.4, -0.2) is 24.6 Å². The Hall–Kier alpha value is -2.96. The normalized spacial score (nSPS) is 13.9. The van der Waals surface area contributed by atoms with Gasteiger partial charge in [0.2, 0.25) is 5.91 Å². The van der Waals surface area contributed by atoms with E-state index in [1.165, 1.54) is 12.8 Å². The average Bonchev–Trinajstić information content (AvgIpc) is 3.38. The van der Waals surface area contributed by atoms with Gasteiger partial charge < -0.3 is 25.1 Å². The molecule has 3 rings (SSSR count). The van der Waals surface area contributed by atoms with Gasteiger partial charge in [-0.1, -0.05) is 18.2 Å². The molecule has 0 atom stereocenters. The molecule has 1 aromatic carbocycles. The number of carbonyl (C=O) groups is 2. The molecule has 144 valence electrons. The van der Waals surface area contributed by atoms with Gasteiger partial charge in [0, 0.05) is 12.1 Å². The lowest BCUT2D eigenvalue weighted by atomic mass is 10.2. The van der Waals surface area contributed by atoms with Gasteiger partial charge in [0.25, 0.3) is 0 Å². The van der Waals surface area contributed by atoms with Crippen LogP contribution in [-0.2, 0) is 17.9 Å². The van der Waals surface area contributed by atoms with Gasteiger partial charge in [0.1, 0.15) is 11.5 Å². The largest absolute Gasteiger partial charge is 0.490 e. The van der Waals surface area contributed by atoms with Crippen molar-refractivity contribution in [3.63, 3.8) is 0 Å². The maximum atomic E-state index is 11.9. The molecule has 0 saturated heterocycles. The van der Waals surface area contributed by atoms with Crippen LogP contribution in [0.3, 0.4) is 0 Å². The Morgan fingerprint density at radius 2 is 1.81 bits per heavy atom. The van der Waals surface area contributed by atoms with E-state index in [-0.39, 0.29) is 18.6 Å². The van der Waals surface area contributed by atoms with Crippen LogP contribution in [0.1, 0.15) is 37.0 Å². The zero-order valence-corrected chi connectivity index (χ0v) is 15.2. The fraction of sp³-hybridized carbons (Fsp3) is 0.400. The van der Waals surface area contributed by atoms with Gasteiger partial charge in [-0.25, -0.2) is 4.79 Å². The first-order valence-electron chi connectivity index (χ1n) is 9.26. The minimum Gasteiger partial charge on any atom is -0.490 e. The van der Waals surface area contributed by atoms with Crippen LogP contribution in [0.15, 0.2) is 47.1 Å². The molecule has 1 aliphatic rings. The van der Waals surface area contributed by atoms with E-state index in [9.17, 15) is 9.59 Å². The average molecular weight is 371 g/mol. The Morgan fingerprint density at radius 1 is 1.00 bits per heavy atom. The minimum absolute atomic E-state index is 0.104. The molecular weight excluding hydrogens is 346 g/mol. The second kappa shape index (κ2) is 9.66. The molecule has 0 aliphatic heterocycles. The van der Waals surface area contributed by atoms with Crippen molar-refractivity contribution in [2.75, 3.05) is 6.54 Å². The fourth-order valence-electron chi connectivity index (χ4n) is 3.01. The van der Waals surface area contributed by atoms with Crippen LogP contribution >= 0.6 is 0 Å². The lowest BCUT2D eigenvalue weighted by Gasteiger charge is -2.17. The number of para-hydroxylation sites is 1. The van der Waals surface area contributed by atoms with E-state index < -0.39 is 6.03 Å². The molecule has 3 N–H and O–H groups in total. The van der Waals surface area contributed by atoms with Crippen LogP contribution in [0.4, 0.5) is 4.79 Å². The summed E-state index contributed by atoms with van der Waals surface area (Å²) >= 11 is 0. The Morgan fingerprint density at radius 3 is 2.59 bits per heavy atom. The highest BCUT2D eigenvalue weighted by Gasteiger charge is 2.18. The topological polar surface area (TPSA) is 92.6 Å². The number of furan rings is 1. The van der Waals surface area contributed by atoms with Gasteiger partial charge in [-0.3, -0.25) is 4.79 Å². The Bertz CT molecular complexity index is 739. The number of urea groups is 1. The third kappa shape index (κ3) is 6.06. The van der Waals surface area contributed by atoms with Crippen molar-refractivity contribution < 1.29 is 18.7 Å². The van der Waals surface area contributed by atoms with E-state index in [0.29, 0.717) is 18.8 Å².